The SMILES string of the molecule is Cc1cc(O)cc(C)c1-c1c(C)cc(OCC2CO2)cc1C. The molecule has 22 heavy (non-hydrogen) atoms. The van der Waals surface area contributed by atoms with Crippen molar-refractivity contribution in [1.82, 2.24) is 0 Å². The lowest BCUT2D eigenvalue weighted by atomic mass is 9.89. The van der Waals surface area contributed by atoms with Crippen LogP contribution in [0.3, 0.4) is 0 Å². The third-order valence-corrected chi connectivity index (χ3v) is 4.11. The van der Waals surface area contributed by atoms with Gasteiger partial charge in [0.05, 0.1) is 6.61 Å². The van der Waals surface area contributed by atoms with Crippen molar-refractivity contribution in [1.29, 1.82) is 0 Å². The Hall–Kier alpha value is -2.00. The maximum absolute atomic E-state index is 9.74. The Balaban J connectivity index is 2.00. The van der Waals surface area contributed by atoms with Crippen LogP contribution in [0.15, 0.2) is 24.3 Å². The summed E-state index contributed by atoms with van der Waals surface area (Å²) in [7, 11) is 0. The normalized spacial score (nSPS) is 16.6. The Bertz CT molecular complexity index is 669. The summed E-state index contributed by atoms with van der Waals surface area (Å²) in [6, 6.07) is 7.79. The summed E-state index contributed by atoms with van der Waals surface area (Å²) < 4.78 is 11.0. The number of ether oxygens (including phenoxy) is 2. The van der Waals surface area contributed by atoms with Gasteiger partial charge in [0, 0.05) is 0 Å². The Morgan fingerprint density at radius 3 is 1.86 bits per heavy atom. The molecule has 1 unspecified atom stereocenters. The largest absolute Gasteiger partial charge is 0.508 e. The Labute approximate surface area is 131 Å². The van der Waals surface area contributed by atoms with Crippen molar-refractivity contribution in [2.45, 2.75) is 33.8 Å². The van der Waals surface area contributed by atoms with Crippen LogP contribution in [0.2, 0.25) is 0 Å². The van der Waals surface area contributed by atoms with E-state index in [1.807, 2.05) is 26.0 Å². The molecular formula is C19H22O3. The number of epoxide rings is 1. The number of phenolic OH excluding ortho intramolecular Hbond substituents is 1. The Kier molecular flexibility index (Phi) is 3.83. The lowest BCUT2D eigenvalue weighted by molar-refractivity contribution is 0.263. The molecule has 0 aliphatic carbocycles. The first kappa shape index (κ1) is 14.9. The van der Waals surface area contributed by atoms with Gasteiger partial charge < -0.3 is 14.6 Å². The molecule has 1 aliphatic rings. The van der Waals surface area contributed by atoms with Gasteiger partial charge in [-0.15, -0.1) is 0 Å². The van der Waals surface area contributed by atoms with E-state index < -0.39 is 0 Å². The molecule has 0 amide bonds. The third kappa shape index (κ3) is 2.95. The summed E-state index contributed by atoms with van der Waals surface area (Å²) in [5.41, 5.74) is 6.97. The molecule has 1 heterocycles. The summed E-state index contributed by atoms with van der Waals surface area (Å²) in [4.78, 5) is 0. The first-order valence-electron chi connectivity index (χ1n) is 7.62. The molecule has 2 aromatic rings. The molecule has 1 aliphatic heterocycles. The molecular weight excluding hydrogens is 276 g/mol. The van der Waals surface area contributed by atoms with E-state index in [2.05, 4.69) is 26.0 Å². The van der Waals surface area contributed by atoms with E-state index >= 15 is 0 Å². The van der Waals surface area contributed by atoms with E-state index in [0.29, 0.717) is 12.4 Å². The fourth-order valence-electron chi connectivity index (χ4n) is 3.09. The maximum Gasteiger partial charge on any atom is 0.120 e. The molecule has 1 fully saturated rings. The van der Waals surface area contributed by atoms with E-state index in [9.17, 15) is 5.11 Å². The van der Waals surface area contributed by atoms with E-state index in [-0.39, 0.29) is 6.10 Å². The molecule has 2 aromatic carbocycles. The highest BCUT2D eigenvalue weighted by Crippen LogP contribution is 2.36. The molecule has 1 saturated heterocycles. The van der Waals surface area contributed by atoms with Gasteiger partial charge in [-0.25, -0.2) is 0 Å². The van der Waals surface area contributed by atoms with Crippen LogP contribution in [-0.2, 0) is 4.74 Å². The van der Waals surface area contributed by atoms with Crippen molar-refractivity contribution in [3.8, 4) is 22.6 Å². The monoisotopic (exact) mass is 298 g/mol. The minimum atomic E-state index is 0.266. The second-order valence-electron chi connectivity index (χ2n) is 6.15. The van der Waals surface area contributed by atoms with Gasteiger partial charge in [0.15, 0.2) is 0 Å². The topological polar surface area (TPSA) is 42.0 Å². The second-order valence-corrected chi connectivity index (χ2v) is 6.15. The summed E-state index contributed by atoms with van der Waals surface area (Å²) in [5.74, 6) is 1.21. The standard InChI is InChI=1S/C19H22O3/c1-11-5-15(20)6-12(2)18(11)19-13(3)7-16(8-14(19)4)21-9-17-10-22-17/h5-8,17,20H,9-10H2,1-4H3. The van der Waals surface area contributed by atoms with Crippen LogP contribution in [0.4, 0.5) is 0 Å². The maximum atomic E-state index is 9.74. The van der Waals surface area contributed by atoms with Gasteiger partial charge in [-0.3, -0.25) is 0 Å². The highest BCUT2D eigenvalue weighted by Gasteiger charge is 2.23. The van der Waals surface area contributed by atoms with Crippen LogP contribution in [0.1, 0.15) is 22.3 Å². The number of hydrogen-bond acceptors (Lipinski definition) is 3. The quantitative estimate of drug-likeness (QED) is 0.865. The molecule has 1 N–H and O–H groups in total. The van der Waals surface area contributed by atoms with Gasteiger partial charge >= 0.3 is 0 Å². The van der Waals surface area contributed by atoms with Crippen LogP contribution in [-0.4, -0.2) is 24.4 Å². The lowest BCUT2D eigenvalue weighted by Gasteiger charge is -2.17. The number of aryl methyl sites for hydroxylation is 4. The van der Waals surface area contributed by atoms with E-state index in [1.165, 1.54) is 22.3 Å². The highest BCUT2D eigenvalue weighted by atomic mass is 16.6. The molecule has 0 spiro atoms. The fraction of sp³-hybridized carbons (Fsp3) is 0.368. The number of hydrogen-bond donors (Lipinski definition) is 1. The predicted molar refractivity (Wildman–Crippen MR) is 87.7 cm³/mol. The fourth-order valence-corrected chi connectivity index (χ4v) is 3.09. The molecule has 3 heteroatoms. The van der Waals surface area contributed by atoms with Crippen LogP contribution >= 0.6 is 0 Å². The average molecular weight is 298 g/mol. The minimum Gasteiger partial charge on any atom is -0.508 e. The minimum absolute atomic E-state index is 0.266. The number of phenols is 1. The van der Waals surface area contributed by atoms with E-state index in [4.69, 9.17) is 9.47 Å². The van der Waals surface area contributed by atoms with Gasteiger partial charge in [0.2, 0.25) is 0 Å². The predicted octanol–water partition coefficient (Wildman–Crippen LogP) is 4.07. The zero-order chi connectivity index (χ0) is 15.9. The van der Waals surface area contributed by atoms with Gasteiger partial charge in [-0.2, -0.15) is 0 Å². The van der Waals surface area contributed by atoms with Crippen molar-refractivity contribution in [2.75, 3.05) is 13.2 Å². The first-order chi connectivity index (χ1) is 10.5. The van der Waals surface area contributed by atoms with Gasteiger partial charge in [0.25, 0.3) is 0 Å². The second kappa shape index (κ2) is 5.65. The Morgan fingerprint density at radius 2 is 1.41 bits per heavy atom. The van der Waals surface area contributed by atoms with Gasteiger partial charge in [-0.1, -0.05) is 0 Å². The van der Waals surface area contributed by atoms with Crippen LogP contribution in [0.25, 0.3) is 11.1 Å². The van der Waals surface area contributed by atoms with Crippen LogP contribution in [0.5, 0.6) is 11.5 Å². The van der Waals surface area contributed by atoms with E-state index in [1.54, 1.807) is 0 Å². The smallest absolute Gasteiger partial charge is 0.120 e. The van der Waals surface area contributed by atoms with E-state index in [0.717, 1.165) is 23.5 Å². The Morgan fingerprint density at radius 1 is 0.955 bits per heavy atom. The molecule has 116 valence electrons. The van der Waals surface area contributed by atoms with Crippen molar-refractivity contribution < 1.29 is 14.6 Å². The number of rotatable bonds is 4. The summed E-state index contributed by atoms with van der Waals surface area (Å²) in [5, 5.41) is 9.74. The molecule has 0 radical (unpaired) electrons. The molecule has 3 nitrogen and oxygen atoms in total. The van der Waals surface area contributed by atoms with Gasteiger partial charge in [0.1, 0.15) is 24.2 Å². The zero-order valence-electron chi connectivity index (χ0n) is 13.6. The number of aromatic hydroxyl groups is 1. The highest BCUT2D eigenvalue weighted by molar-refractivity contribution is 5.77. The molecule has 0 saturated carbocycles. The molecule has 0 aromatic heterocycles. The molecule has 1 atom stereocenters. The zero-order valence-corrected chi connectivity index (χ0v) is 13.6. The van der Waals surface area contributed by atoms with Gasteiger partial charge in [-0.05, 0) is 85.3 Å². The summed E-state index contributed by atoms with van der Waals surface area (Å²) >= 11 is 0. The number of benzene rings is 2. The first-order valence-corrected chi connectivity index (χ1v) is 7.62. The molecule has 3 rings (SSSR count). The van der Waals surface area contributed by atoms with Crippen molar-refractivity contribution >= 4 is 0 Å². The third-order valence-electron chi connectivity index (χ3n) is 4.11. The van der Waals surface area contributed by atoms with Crippen molar-refractivity contribution in [3.05, 3.63) is 46.5 Å². The average Bonchev–Trinajstić information content (AvgIpc) is 3.22. The van der Waals surface area contributed by atoms with Crippen LogP contribution < -0.4 is 4.74 Å². The summed E-state index contributed by atoms with van der Waals surface area (Å²) in [6.07, 6.45) is 0.266. The van der Waals surface area contributed by atoms with Crippen molar-refractivity contribution in [2.24, 2.45) is 0 Å². The van der Waals surface area contributed by atoms with Crippen LogP contribution in [0, 0.1) is 27.7 Å². The summed E-state index contributed by atoms with van der Waals surface area (Å²) in [6.45, 7) is 9.71. The molecule has 0 bridgehead atoms. The lowest BCUT2D eigenvalue weighted by Crippen LogP contribution is -2.05. The van der Waals surface area contributed by atoms with Crippen molar-refractivity contribution in [3.63, 3.8) is 0 Å².